The Hall–Kier alpha value is -3.90. The van der Waals surface area contributed by atoms with Gasteiger partial charge >= 0.3 is 0 Å². The summed E-state index contributed by atoms with van der Waals surface area (Å²) in [7, 11) is 4.05. The molecule has 1 N–H and O–H groups in total. The Kier molecular flexibility index (Phi) is 5.67. The molecule has 0 aliphatic carbocycles. The number of nitrogens with one attached hydrogen (secondary N) is 1. The van der Waals surface area contributed by atoms with E-state index in [1.54, 1.807) is 6.20 Å². The summed E-state index contributed by atoms with van der Waals surface area (Å²) in [6.07, 6.45) is 3.65. The van der Waals surface area contributed by atoms with Gasteiger partial charge in [-0.05, 0) is 65.4 Å². The predicted octanol–water partition coefficient (Wildman–Crippen LogP) is 6.05. The molecule has 0 saturated heterocycles. The van der Waals surface area contributed by atoms with Gasteiger partial charge in [0.1, 0.15) is 0 Å². The van der Waals surface area contributed by atoms with Gasteiger partial charge in [0.15, 0.2) is 5.17 Å². The summed E-state index contributed by atoms with van der Waals surface area (Å²) in [5.41, 5.74) is 6.08. The number of para-hydroxylation sites is 1. The van der Waals surface area contributed by atoms with Crippen LogP contribution in [0.3, 0.4) is 0 Å². The molecule has 33 heavy (non-hydrogen) atoms. The number of amides is 1. The lowest BCUT2D eigenvalue weighted by Crippen LogP contribution is -2.08. The van der Waals surface area contributed by atoms with Crippen LogP contribution in [0.15, 0.2) is 95.0 Å². The predicted molar refractivity (Wildman–Crippen MR) is 140 cm³/mol. The zero-order valence-electron chi connectivity index (χ0n) is 18.3. The van der Waals surface area contributed by atoms with Crippen LogP contribution in [0.4, 0.5) is 11.4 Å². The topological polar surface area (TPSA) is 57.6 Å². The first kappa shape index (κ1) is 21.0. The smallest absolute Gasteiger partial charge is 0.286 e. The highest BCUT2D eigenvalue weighted by Gasteiger charge is 2.22. The van der Waals surface area contributed by atoms with Crippen molar-refractivity contribution in [3.8, 4) is 11.1 Å². The van der Waals surface area contributed by atoms with E-state index < -0.39 is 0 Å². The van der Waals surface area contributed by atoms with Crippen LogP contribution in [0.5, 0.6) is 0 Å². The molecule has 0 unspecified atom stereocenters. The maximum atomic E-state index is 12.6. The summed E-state index contributed by atoms with van der Waals surface area (Å²) in [6.45, 7) is 0. The second-order valence-electron chi connectivity index (χ2n) is 7.90. The van der Waals surface area contributed by atoms with Crippen LogP contribution in [0.2, 0.25) is 0 Å². The van der Waals surface area contributed by atoms with Crippen LogP contribution in [-0.4, -0.2) is 30.2 Å². The number of aliphatic imine (C=N–C) groups is 1. The van der Waals surface area contributed by atoms with Gasteiger partial charge in [0, 0.05) is 42.6 Å². The molecule has 0 saturated carbocycles. The molecule has 1 amide bonds. The number of carbonyl (C=O) groups is 1. The van der Waals surface area contributed by atoms with Crippen LogP contribution in [0, 0.1) is 0 Å². The van der Waals surface area contributed by atoms with Gasteiger partial charge in [-0.3, -0.25) is 9.78 Å². The lowest BCUT2D eigenvalue weighted by atomic mass is 10.0. The number of hydrogen-bond acceptors (Lipinski definition) is 5. The van der Waals surface area contributed by atoms with E-state index in [4.69, 9.17) is 0 Å². The molecule has 0 fully saturated rings. The van der Waals surface area contributed by atoms with Crippen molar-refractivity contribution in [2.45, 2.75) is 0 Å². The fourth-order valence-electron chi connectivity index (χ4n) is 3.70. The zero-order chi connectivity index (χ0) is 22.8. The van der Waals surface area contributed by atoms with Gasteiger partial charge in [-0.15, -0.1) is 0 Å². The number of benzene rings is 3. The maximum absolute atomic E-state index is 12.6. The largest absolute Gasteiger partial charge is 0.378 e. The number of aromatic nitrogens is 1. The first-order chi connectivity index (χ1) is 16.1. The lowest BCUT2D eigenvalue weighted by molar-refractivity contribution is -0.113. The highest BCUT2D eigenvalue weighted by Crippen LogP contribution is 2.34. The molecule has 0 radical (unpaired) electrons. The molecule has 5 rings (SSSR count). The van der Waals surface area contributed by atoms with E-state index in [0.29, 0.717) is 10.1 Å². The highest BCUT2D eigenvalue weighted by atomic mass is 32.2. The lowest BCUT2D eigenvalue weighted by Gasteiger charge is -2.15. The van der Waals surface area contributed by atoms with Crippen LogP contribution in [-0.2, 0) is 4.79 Å². The van der Waals surface area contributed by atoms with Crippen molar-refractivity contribution < 1.29 is 4.79 Å². The molecular weight excluding hydrogens is 428 g/mol. The van der Waals surface area contributed by atoms with Crippen molar-refractivity contribution in [2.24, 2.45) is 4.99 Å². The third-order valence-corrected chi connectivity index (χ3v) is 6.31. The number of carbonyl (C=O) groups excluding carboxylic acids is 1. The van der Waals surface area contributed by atoms with Crippen molar-refractivity contribution in [1.29, 1.82) is 0 Å². The average molecular weight is 451 g/mol. The third-order valence-electron chi connectivity index (χ3n) is 5.41. The Labute approximate surface area is 196 Å². The number of fused-ring (bicyclic) bond motifs is 1. The number of nitrogens with zero attached hydrogens (tertiary/aromatic N) is 3. The normalized spacial score (nSPS) is 14.5. The van der Waals surface area contributed by atoms with E-state index in [2.05, 4.69) is 50.5 Å². The standard InChI is InChI=1S/C27H22N4OS/c1-31(2)21-12-10-19(11-13-21)22-7-3-4-8-24(22)29-27-30-26(32)25(33-27)17-18-9-14-23-20(16-18)6-5-15-28-23/h3-17H,1-2H3,(H,29,30,32). The minimum absolute atomic E-state index is 0.235. The number of amidine groups is 1. The third kappa shape index (κ3) is 4.52. The van der Waals surface area contributed by atoms with Gasteiger partial charge in [0.2, 0.25) is 0 Å². The van der Waals surface area contributed by atoms with E-state index in [0.717, 1.165) is 39.0 Å². The maximum Gasteiger partial charge on any atom is 0.286 e. The number of thioether (sulfide) groups is 1. The molecule has 1 aliphatic heterocycles. The quantitative estimate of drug-likeness (QED) is 0.384. The van der Waals surface area contributed by atoms with Gasteiger partial charge in [0.25, 0.3) is 5.91 Å². The van der Waals surface area contributed by atoms with E-state index in [-0.39, 0.29) is 5.91 Å². The Morgan fingerprint density at radius 2 is 1.76 bits per heavy atom. The molecule has 0 spiro atoms. The SMILES string of the molecule is CN(C)c1ccc(-c2ccccc2NC2=NC(=O)C(=Cc3ccc4ncccc4c3)S2)cc1. The molecule has 1 aromatic heterocycles. The van der Waals surface area contributed by atoms with E-state index in [1.807, 2.05) is 68.7 Å². The minimum atomic E-state index is -0.235. The van der Waals surface area contributed by atoms with E-state index >= 15 is 0 Å². The molecule has 0 atom stereocenters. The minimum Gasteiger partial charge on any atom is -0.378 e. The molecule has 0 bridgehead atoms. The van der Waals surface area contributed by atoms with Crippen molar-refractivity contribution in [2.75, 3.05) is 24.3 Å². The Bertz CT molecular complexity index is 1410. The second-order valence-corrected chi connectivity index (χ2v) is 8.93. The molecule has 162 valence electrons. The van der Waals surface area contributed by atoms with Crippen molar-refractivity contribution in [3.05, 3.63) is 95.5 Å². The summed E-state index contributed by atoms with van der Waals surface area (Å²) in [5, 5.41) is 4.96. The van der Waals surface area contributed by atoms with Crippen LogP contribution >= 0.6 is 11.8 Å². The Morgan fingerprint density at radius 1 is 0.939 bits per heavy atom. The monoisotopic (exact) mass is 450 g/mol. The molecule has 1 aliphatic rings. The summed E-state index contributed by atoms with van der Waals surface area (Å²) >= 11 is 1.35. The molecular formula is C27H22N4OS. The average Bonchev–Trinajstić information content (AvgIpc) is 3.17. The number of hydrogen-bond donors (Lipinski definition) is 1. The molecule has 3 aromatic carbocycles. The van der Waals surface area contributed by atoms with Crippen LogP contribution < -0.4 is 10.2 Å². The van der Waals surface area contributed by atoms with Crippen molar-refractivity contribution in [3.63, 3.8) is 0 Å². The van der Waals surface area contributed by atoms with Gasteiger partial charge in [0.05, 0.1) is 10.4 Å². The van der Waals surface area contributed by atoms with Gasteiger partial charge < -0.3 is 10.2 Å². The van der Waals surface area contributed by atoms with Gasteiger partial charge in [-0.1, -0.05) is 42.5 Å². The van der Waals surface area contributed by atoms with Crippen molar-refractivity contribution in [1.82, 2.24) is 4.98 Å². The van der Waals surface area contributed by atoms with E-state index in [9.17, 15) is 4.79 Å². The number of rotatable bonds is 4. The molecule has 4 aromatic rings. The summed E-state index contributed by atoms with van der Waals surface area (Å²) < 4.78 is 0. The Morgan fingerprint density at radius 3 is 2.58 bits per heavy atom. The molecule has 5 nitrogen and oxygen atoms in total. The second kappa shape index (κ2) is 8.92. The van der Waals surface area contributed by atoms with Crippen molar-refractivity contribution >= 4 is 51.2 Å². The summed E-state index contributed by atoms with van der Waals surface area (Å²) in [6, 6.07) is 26.3. The fraction of sp³-hybridized carbons (Fsp3) is 0.0741. The Balaban J connectivity index is 1.37. The first-order valence-electron chi connectivity index (χ1n) is 10.6. The number of anilines is 2. The van der Waals surface area contributed by atoms with Crippen LogP contribution in [0.25, 0.3) is 28.1 Å². The molecule has 2 heterocycles. The number of pyridine rings is 1. The summed E-state index contributed by atoms with van der Waals surface area (Å²) in [5.74, 6) is -0.235. The summed E-state index contributed by atoms with van der Waals surface area (Å²) in [4.78, 5) is 23.8. The highest BCUT2D eigenvalue weighted by molar-refractivity contribution is 8.18. The van der Waals surface area contributed by atoms with Gasteiger partial charge in [-0.25, -0.2) is 0 Å². The van der Waals surface area contributed by atoms with Gasteiger partial charge in [-0.2, -0.15) is 4.99 Å². The van der Waals surface area contributed by atoms with E-state index in [1.165, 1.54) is 11.8 Å². The molecule has 6 heteroatoms. The van der Waals surface area contributed by atoms with Crippen LogP contribution in [0.1, 0.15) is 5.56 Å². The first-order valence-corrected chi connectivity index (χ1v) is 11.4. The zero-order valence-corrected chi connectivity index (χ0v) is 19.1. The fourth-order valence-corrected chi connectivity index (χ4v) is 4.52.